The number of unbranched alkanes of at least 4 members (excludes halogenated alkanes) is 3. The van der Waals surface area contributed by atoms with E-state index in [1.165, 1.54) is 17.7 Å². The number of nitro benzene ring substituents is 1. The normalized spacial score (nSPS) is 10.8. The number of nitrogens with one attached hydrogen (secondary N) is 1. The van der Waals surface area contributed by atoms with E-state index in [1.54, 1.807) is 22.9 Å². The lowest BCUT2D eigenvalue weighted by Gasteiger charge is -2.08. The number of nitro groups is 1. The second-order valence-electron chi connectivity index (χ2n) is 7.72. The molecule has 0 atom stereocenters. The minimum absolute atomic E-state index is 0.00721. The number of hydrogen-bond donors (Lipinski definition) is 1. The maximum Gasteiger partial charge on any atom is 0.270 e. The smallest absolute Gasteiger partial charge is 0.270 e. The fourth-order valence-corrected chi connectivity index (χ4v) is 3.34. The number of amides is 1. The first-order valence-corrected chi connectivity index (χ1v) is 10.6. The molecule has 1 aromatic heterocycles. The van der Waals surface area contributed by atoms with Gasteiger partial charge in [0.25, 0.3) is 11.6 Å². The molecule has 0 saturated carbocycles. The molecule has 0 aliphatic carbocycles. The molecule has 7 heteroatoms. The molecule has 0 spiro atoms. The van der Waals surface area contributed by atoms with Crippen LogP contribution in [0.15, 0.2) is 48.5 Å². The molecule has 0 fully saturated rings. The van der Waals surface area contributed by atoms with Crippen LogP contribution in [0.5, 0.6) is 0 Å². The number of aryl methyl sites for hydroxylation is 2. The highest BCUT2D eigenvalue weighted by Crippen LogP contribution is 2.25. The Labute approximate surface area is 182 Å². The highest BCUT2D eigenvalue weighted by atomic mass is 16.6. The lowest BCUT2D eigenvalue weighted by Crippen LogP contribution is -2.26. The van der Waals surface area contributed by atoms with Gasteiger partial charge in [0.05, 0.1) is 16.3 Å². The highest BCUT2D eigenvalue weighted by molar-refractivity contribution is 5.94. The average Bonchev–Trinajstić information content (AvgIpc) is 3.21. The molecule has 2 aromatic carbocycles. The Hall–Kier alpha value is -3.48. The van der Waals surface area contributed by atoms with Crippen LogP contribution in [0.4, 0.5) is 5.69 Å². The summed E-state index contributed by atoms with van der Waals surface area (Å²) in [5.74, 6) is -0.211. The van der Waals surface area contributed by atoms with Gasteiger partial charge < -0.3 is 5.32 Å². The molecule has 1 heterocycles. The van der Waals surface area contributed by atoms with Gasteiger partial charge in [-0.15, -0.1) is 0 Å². The number of non-ortho nitro benzene ring substituents is 1. The first-order chi connectivity index (χ1) is 14.9. The molecule has 7 nitrogen and oxygen atoms in total. The molecule has 1 N–H and O–H groups in total. The van der Waals surface area contributed by atoms with E-state index in [9.17, 15) is 14.9 Å². The standard InChI is InChI=1S/C24H28N4O3/c1-4-5-6-7-14-25-24(29)23-16-22(19-9-8-17(2)18(3)15-19)26-27(23)20-10-12-21(13-11-20)28(30)31/h8-13,15-16H,4-7,14H2,1-3H3,(H,25,29). The lowest BCUT2D eigenvalue weighted by molar-refractivity contribution is -0.384. The predicted octanol–water partition coefficient (Wildman–Crippen LogP) is 5.37. The monoisotopic (exact) mass is 420 g/mol. The largest absolute Gasteiger partial charge is 0.351 e. The Morgan fingerprint density at radius 3 is 2.42 bits per heavy atom. The molecule has 1 amide bonds. The molecule has 0 unspecified atom stereocenters. The Morgan fingerprint density at radius 2 is 1.77 bits per heavy atom. The van der Waals surface area contributed by atoms with Gasteiger partial charge in [-0.2, -0.15) is 5.10 Å². The van der Waals surface area contributed by atoms with Crippen LogP contribution in [-0.4, -0.2) is 27.2 Å². The van der Waals surface area contributed by atoms with Crippen molar-refractivity contribution in [3.05, 3.63) is 75.5 Å². The molecule has 31 heavy (non-hydrogen) atoms. The van der Waals surface area contributed by atoms with E-state index in [-0.39, 0.29) is 11.6 Å². The summed E-state index contributed by atoms with van der Waals surface area (Å²) in [4.78, 5) is 23.5. The summed E-state index contributed by atoms with van der Waals surface area (Å²) in [5.41, 5.74) is 4.91. The van der Waals surface area contributed by atoms with Gasteiger partial charge in [0, 0.05) is 24.2 Å². The number of hydrogen-bond acceptors (Lipinski definition) is 4. The maximum absolute atomic E-state index is 12.9. The first kappa shape index (κ1) is 22.2. The second kappa shape index (κ2) is 10.0. The number of rotatable bonds is 9. The molecular weight excluding hydrogens is 392 g/mol. The molecule has 162 valence electrons. The zero-order chi connectivity index (χ0) is 22.4. The topological polar surface area (TPSA) is 90.1 Å². The van der Waals surface area contributed by atoms with Gasteiger partial charge in [-0.3, -0.25) is 14.9 Å². The lowest BCUT2D eigenvalue weighted by atomic mass is 10.0. The molecule has 0 bridgehead atoms. The van der Waals surface area contributed by atoms with Crippen molar-refractivity contribution >= 4 is 11.6 Å². The third-order valence-electron chi connectivity index (χ3n) is 5.37. The zero-order valence-electron chi connectivity index (χ0n) is 18.2. The molecular formula is C24H28N4O3. The Kier molecular flexibility index (Phi) is 7.18. The first-order valence-electron chi connectivity index (χ1n) is 10.6. The number of carbonyl (C=O) groups is 1. The van der Waals surface area contributed by atoms with Gasteiger partial charge in [0.1, 0.15) is 5.69 Å². The Bertz CT molecular complexity index is 1070. The fraction of sp³-hybridized carbons (Fsp3) is 0.333. The van der Waals surface area contributed by atoms with E-state index in [2.05, 4.69) is 17.3 Å². The fourth-order valence-electron chi connectivity index (χ4n) is 3.34. The predicted molar refractivity (Wildman–Crippen MR) is 122 cm³/mol. The third-order valence-corrected chi connectivity index (χ3v) is 5.37. The van der Waals surface area contributed by atoms with Gasteiger partial charge >= 0.3 is 0 Å². The number of nitrogens with zero attached hydrogens (tertiary/aromatic N) is 3. The molecule has 0 saturated heterocycles. The summed E-state index contributed by atoms with van der Waals surface area (Å²) >= 11 is 0. The molecule has 0 aliphatic heterocycles. The number of carbonyl (C=O) groups excluding carboxylic acids is 1. The maximum atomic E-state index is 12.9. The van der Waals surface area contributed by atoms with Crippen LogP contribution in [0, 0.1) is 24.0 Å². The SMILES string of the molecule is CCCCCCNC(=O)c1cc(-c2ccc(C)c(C)c2)nn1-c1ccc([N+](=O)[O-])cc1. The summed E-state index contributed by atoms with van der Waals surface area (Å²) in [6.07, 6.45) is 4.29. The van der Waals surface area contributed by atoms with Crippen LogP contribution in [0.25, 0.3) is 16.9 Å². The molecule has 0 radical (unpaired) electrons. The van der Waals surface area contributed by atoms with Gasteiger partial charge in [0.2, 0.25) is 0 Å². The van der Waals surface area contributed by atoms with Crippen molar-refractivity contribution in [1.82, 2.24) is 15.1 Å². The summed E-state index contributed by atoms with van der Waals surface area (Å²) < 4.78 is 1.55. The van der Waals surface area contributed by atoms with E-state index in [0.29, 0.717) is 23.6 Å². The summed E-state index contributed by atoms with van der Waals surface area (Å²) in [6, 6.07) is 13.9. The third kappa shape index (κ3) is 5.36. The second-order valence-corrected chi connectivity index (χ2v) is 7.72. The van der Waals surface area contributed by atoms with Crippen LogP contribution < -0.4 is 5.32 Å². The van der Waals surface area contributed by atoms with Gasteiger partial charge in [-0.05, 0) is 55.7 Å². The van der Waals surface area contributed by atoms with E-state index in [4.69, 9.17) is 0 Å². The Morgan fingerprint density at radius 1 is 1.03 bits per heavy atom. The van der Waals surface area contributed by atoms with Gasteiger partial charge in [-0.1, -0.05) is 38.3 Å². The van der Waals surface area contributed by atoms with Gasteiger partial charge in [-0.25, -0.2) is 4.68 Å². The van der Waals surface area contributed by atoms with Crippen LogP contribution in [0.1, 0.15) is 54.2 Å². The van der Waals surface area contributed by atoms with Crippen LogP contribution in [0.3, 0.4) is 0 Å². The van der Waals surface area contributed by atoms with Crippen molar-refractivity contribution in [2.75, 3.05) is 6.54 Å². The Balaban J connectivity index is 1.94. The van der Waals surface area contributed by atoms with E-state index in [1.807, 2.05) is 32.0 Å². The summed E-state index contributed by atoms with van der Waals surface area (Å²) in [7, 11) is 0. The van der Waals surface area contributed by atoms with Crippen LogP contribution in [0.2, 0.25) is 0 Å². The zero-order valence-corrected chi connectivity index (χ0v) is 18.2. The van der Waals surface area contributed by atoms with Crippen LogP contribution >= 0.6 is 0 Å². The minimum Gasteiger partial charge on any atom is -0.351 e. The van der Waals surface area contributed by atoms with Crippen molar-refractivity contribution in [2.45, 2.75) is 46.5 Å². The minimum atomic E-state index is -0.447. The van der Waals surface area contributed by atoms with Crippen molar-refractivity contribution in [1.29, 1.82) is 0 Å². The summed E-state index contributed by atoms with van der Waals surface area (Å²) in [6.45, 7) is 6.83. The van der Waals surface area contributed by atoms with Crippen molar-refractivity contribution in [3.8, 4) is 16.9 Å². The quantitative estimate of drug-likeness (QED) is 0.286. The van der Waals surface area contributed by atoms with Crippen LogP contribution in [-0.2, 0) is 0 Å². The van der Waals surface area contributed by atoms with E-state index < -0.39 is 4.92 Å². The highest BCUT2D eigenvalue weighted by Gasteiger charge is 2.18. The number of aromatic nitrogens is 2. The molecule has 0 aliphatic rings. The molecule has 3 rings (SSSR count). The van der Waals surface area contributed by atoms with Crippen molar-refractivity contribution in [3.63, 3.8) is 0 Å². The summed E-state index contributed by atoms with van der Waals surface area (Å²) in [5, 5.41) is 18.6. The molecule has 3 aromatic rings. The van der Waals surface area contributed by atoms with Crippen molar-refractivity contribution < 1.29 is 9.72 Å². The van der Waals surface area contributed by atoms with Gasteiger partial charge in [0.15, 0.2) is 0 Å². The van der Waals surface area contributed by atoms with E-state index >= 15 is 0 Å². The van der Waals surface area contributed by atoms with E-state index in [0.717, 1.165) is 36.8 Å². The van der Waals surface area contributed by atoms with Crippen molar-refractivity contribution in [2.24, 2.45) is 0 Å². The average molecular weight is 421 g/mol. The number of benzene rings is 2.